The van der Waals surface area contributed by atoms with Gasteiger partial charge in [-0.2, -0.15) is 5.10 Å². The second kappa shape index (κ2) is 5.47. The number of hydrogen-bond acceptors (Lipinski definition) is 5. The highest BCUT2D eigenvalue weighted by Crippen LogP contribution is 2.23. The minimum Gasteiger partial charge on any atom is -0.384 e. The van der Waals surface area contributed by atoms with Gasteiger partial charge in [-0.15, -0.1) is 0 Å². The van der Waals surface area contributed by atoms with Crippen LogP contribution < -0.4 is 17.0 Å². The van der Waals surface area contributed by atoms with Crippen molar-refractivity contribution in [3.63, 3.8) is 0 Å². The maximum absolute atomic E-state index is 5.94. The number of hydrazine groups is 1. The average Bonchev–Trinajstić information content (AvgIpc) is 2.67. The highest BCUT2D eigenvalue weighted by Gasteiger charge is 2.16. The van der Waals surface area contributed by atoms with Gasteiger partial charge in [-0.05, 0) is 34.0 Å². The van der Waals surface area contributed by atoms with Crippen molar-refractivity contribution >= 4 is 21.7 Å². The number of halogens is 1. The largest absolute Gasteiger partial charge is 0.384 e. The quantitative estimate of drug-likeness (QED) is 0.576. The maximum Gasteiger partial charge on any atom is 0.126 e. The van der Waals surface area contributed by atoms with E-state index in [4.69, 9.17) is 11.6 Å². The lowest BCUT2D eigenvalue weighted by Crippen LogP contribution is -2.30. The van der Waals surface area contributed by atoms with Gasteiger partial charge in [0.05, 0.1) is 12.2 Å². The fourth-order valence-corrected chi connectivity index (χ4v) is 2.21. The van der Waals surface area contributed by atoms with Crippen LogP contribution in [0.25, 0.3) is 0 Å². The second-order valence-corrected chi connectivity index (χ2v) is 4.96. The lowest BCUT2D eigenvalue weighted by atomic mass is 10.0. The van der Waals surface area contributed by atoms with E-state index in [1.54, 1.807) is 24.1 Å². The van der Waals surface area contributed by atoms with Crippen molar-refractivity contribution in [1.82, 2.24) is 20.2 Å². The average molecular weight is 311 g/mol. The van der Waals surface area contributed by atoms with E-state index < -0.39 is 0 Å². The van der Waals surface area contributed by atoms with Crippen LogP contribution in [0.1, 0.15) is 17.2 Å². The van der Waals surface area contributed by atoms with Crippen LogP contribution >= 0.6 is 15.9 Å². The molecule has 2 aromatic rings. The van der Waals surface area contributed by atoms with E-state index in [2.05, 4.69) is 31.4 Å². The lowest BCUT2D eigenvalue weighted by Gasteiger charge is -2.15. The van der Waals surface area contributed by atoms with E-state index in [0.717, 1.165) is 15.6 Å². The second-order valence-electron chi connectivity index (χ2n) is 4.04. The van der Waals surface area contributed by atoms with Crippen molar-refractivity contribution in [2.75, 3.05) is 5.73 Å². The highest BCUT2D eigenvalue weighted by molar-refractivity contribution is 9.10. The van der Waals surface area contributed by atoms with Gasteiger partial charge in [0.2, 0.25) is 0 Å². The van der Waals surface area contributed by atoms with Crippen molar-refractivity contribution in [3.05, 3.63) is 40.3 Å². The van der Waals surface area contributed by atoms with Gasteiger partial charge in [0, 0.05) is 29.5 Å². The third kappa shape index (κ3) is 2.69. The standard InChI is InChI=1S/C11H15BrN6/c1-18-11(13)9(6-16-18)10(17-14)3-7-2-8(12)5-15-4-7/h2,4-6,10,17H,3,13-14H2,1H3. The Labute approximate surface area is 113 Å². The van der Waals surface area contributed by atoms with Gasteiger partial charge in [0.15, 0.2) is 0 Å². The van der Waals surface area contributed by atoms with E-state index in [9.17, 15) is 0 Å². The molecule has 2 aromatic heterocycles. The number of nitrogens with two attached hydrogens (primary N) is 2. The molecule has 7 heteroatoms. The Balaban J connectivity index is 2.22. The maximum atomic E-state index is 5.94. The first-order chi connectivity index (χ1) is 8.61. The predicted octanol–water partition coefficient (Wildman–Crippen LogP) is 0.907. The summed E-state index contributed by atoms with van der Waals surface area (Å²) in [7, 11) is 1.80. The number of nitrogen functional groups attached to an aromatic ring is 1. The first kappa shape index (κ1) is 13.0. The summed E-state index contributed by atoms with van der Waals surface area (Å²) in [6.45, 7) is 0. The van der Waals surface area contributed by atoms with E-state index in [0.29, 0.717) is 12.2 Å². The molecule has 0 aliphatic heterocycles. The summed E-state index contributed by atoms with van der Waals surface area (Å²) in [5.41, 5.74) is 10.7. The van der Waals surface area contributed by atoms with Gasteiger partial charge in [0.1, 0.15) is 5.82 Å². The number of pyridine rings is 1. The molecule has 5 N–H and O–H groups in total. The zero-order valence-electron chi connectivity index (χ0n) is 9.97. The molecule has 0 bridgehead atoms. The Morgan fingerprint density at radius 3 is 2.78 bits per heavy atom. The van der Waals surface area contributed by atoms with Gasteiger partial charge in [-0.1, -0.05) is 0 Å². The summed E-state index contributed by atoms with van der Waals surface area (Å²) in [6.07, 6.45) is 5.97. The third-order valence-electron chi connectivity index (χ3n) is 2.79. The van der Waals surface area contributed by atoms with Crippen molar-refractivity contribution in [1.29, 1.82) is 0 Å². The molecule has 0 aromatic carbocycles. The van der Waals surface area contributed by atoms with E-state index >= 15 is 0 Å². The molecule has 96 valence electrons. The summed E-state index contributed by atoms with van der Waals surface area (Å²) in [4.78, 5) is 4.13. The molecule has 1 unspecified atom stereocenters. The van der Waals surface area contributed by atoms with Crippen LogP contribution in [-0.4, -0.2) is 14.8 Å². The molecule has 0 saturated heterocycles. The van der Waals surface area contributed by atoms with Crippen LogP contribution in [0.3, 0.4) is 0 Å². The molecule has 1 atom stereocenters. The molecule has 0 aliphatic rings. The Hall–Kier alpha value is -1.44. The summed E-state index contributed by atoms with van der Waals surface area (Å²) >= 11 is 3.39. The zero-order chi connectivity index (χ0) is 13.1. The van der Waals surface area contributed by atoms with Gasteiger partial charge >= 0.3 is 0 Å². The van der Waals surface area contributed by atoms with Crippen LogP contribution in [0.4, 0.5) is 5.82 Å². The number of hydrogen-bond donors (Lipinski definition) is 3. The van der Waals surface area contributed by atoms with Crippen LogP contribution in [0, 0.1) is 0 Å². The number of nitrogens with one attached hydrogen (secondary N) is 1. The topological polar surface area (TPSA) is 94.8 Å². The predicted molar refractivity (Wildman–Crippen MR) is 73.3 cm³/mol. The van der Waals surface area contributed by atoms with E-state index in [1.165, 1.54) is 0 Å². The molecule has 0 saturated carbocycles. The minimum absolute atomic E-state index is 0.0881. The van der Waals surface area contributed by atoms with Crippen LogP contribution in [0.2, 0.25) is 0 Å². The fraction of sp³-hybridized carbons (Fsp3) is 0.273. The number of rotatable bonds is 4. The van der Waals surface area contributed by atoms with Gasteiger partial charge < -0.3 is 5.73 Å². The Morgan fingerprint density at radius 2 is 2.22 bits per heavy atom. The third-order valence-corrected chi connectivity index (χ3v) is 3.23. The molecule has 6 nitrogen and oxygen atoms in total. The van der Waals surface area contributed by atoms with Crippen molar-refractivity contribution in [3.8, 4) is 0 Å². The Morgan fingerprint density at radius 1 is 1.44 bits per heavy atom. The first-order valence-electron chi connectivity index (χ1n) is 5.44. The van der Waals surface area contributed by atoms with Crippen molar-refractivity contribution in [2.45, 2.75) is 12.5 Å². The van der Waals surface area contributed by atoms with Crippen LogP contribution in [0.5, 0.6) is 0 Å². The molecule has 18 heavy (non-hydrogen) atoms. The van der Waals surface area contributed by atoms with Gasteiger partial charge in [-0.3, -0.25) is 20.9 Å². The molecule has 0 radical (unpaired) electrons. The van der Waals surface area contributed by atoms with E-state index in [1.807, 2.05) is 12.3 Å². The van der Waals surface area contributed by atoms with Crippen molar-refractivity contribution < 1.29 is 0 Å². The fourth-order valence-electron chi connectivity index (χ4n) is 1.79. The zero-order valence-corrected chi connectivity index (χ0v) is 11.6. The monoisotopic (exact) mass is 310 g/mol. The molecule has 0 aliphatic carbocycles. The smallest absolute Gasteiger partial charge is 0.126 e. The first-order valence-corrected chi connectivity index (χ1v) is 6.24. The summed E-state index contributed by atoms with van der Waals surface area (Å²) < 4.78 is 2.56. The van der Waals surface area contributed by atoms with Gasteiger partial charge in [0.25, 0.3) is 0 Å². The van der Waals surface area contributed by atoms with Crippen molar-refractivity contribution in [2.24, 2.45) is 12.9 Å². The minimum atomic E-state index is -0.0881. The SMILES string of the molecule is Cn1ncc(C(Cc2cncc(Br)c2)NN)c1N. The molecule has 2 heterocycles. The Kier molecular flexibility index (Phi) is 3.95. The lowest BCUT2D eigenvalue weighted by molar-refractivity contribution is 0.552. The molecular weight excluding hydrogens is 296 g/mol. The normalized spacial score (nSPS) is 12.6. The number of aromatic nitrogens is 3. The summed E-state index contributed by atoms with van der Waals surface area (Å²) in [5.74, 6) is 6.21. The molecule has 0 amide bonds. The van der Waals surface area contributed by atoms with Crippen LogP contribution in [0.15, 0.2) is 29.1 Å². The molecule has 0 spiro atoms. The molecular formula is C11H15BrN6. The molecule has 0 fully saturated rings. The summed E-state index contributed by atoms with van der Waals surface area (Å²) in [5, 5.41) is 4.12. The number of anilines is 1. The van der Waals surface area contributed by atoms with E-state index in [-0.39, 0.29) is 6.04 Å². The number of nitrogens with zero attached hydrogens (tertiary/aromatic N) is 3. The number of aryl methyl sites for hydroxylation is 1. The Bertz CT molecular complexity index is 538. The highest BCUT2D eigenvalue weighted by atomic mass is 79.9. The summed E-state index contributed by atoms with van der Waals surface area (Å²) in [6, 6.07) is 1.92. The molecule has 2 rings (SSSR count). The van der Waals surface area contributed by atoms with Gasteiger partial charge in [-0.25, -0.2) is 0 Å². The van der Waals surface area contributed by atoms with Crippen LogP contribution in [-0.2, 0) is 13.5 Å².